The molecule has 1 aliphatic heterocycles. The number of carbonyl (C=O) groups is 2. The minimum Gasteiger partial charge on any atom is -0.497 e. The Morgan fingerprint density at radius 1 is 1.12 bits per heavy atom. The molecule has 0 fully saturated rings. The number of furan rings is 1. The van der Waals surface area contributed by atoms with E-state index >= 15 is 0 Å². The first kappa shape index (κ1) is 22.3. The summed E-state index contributed by atoms with van der Waals surface area (Å²) < 4.78 is 61.2. The number of alkyl carbamates (subject to hydrolysis) is 1. The van der Waals surface area contributed by atoms with Crippen LogP contribution in [0.3, 0.4) is 0 Å². The number of hydrogen-bond donors (Lipinski definition) is 1. The van der Waals surface area contributed by atoms with Crippen molar-refractivity contribution < 1.29 is 41.4 Å². The number of ketones is 1. The molecule has 0 aliphatic carbocycles. The molecule has 1 unspecified atom stereocenters. The van der Waals surface area contributed by atoms with Crippen LogP contribution >= 0.6 is 0 Å². The predicted octanol–water partition coefficient (Wildman–Crippen LogP) is 4.92. The molecule has 4 rings (SSSR count). The molecule has 1 aliphatic rings. The van der Waals surface area contributed by atoms with E-state index in [9.17, 15) is 22.8 Å². The van der Waals surface area contributed by atoms with Gasteiger partial charge in [-0.25, -0.2) is 4.79 Å². The number of fused-ring (bicyclic) bond motifs is 1. The third-order valence-electron chi connectivity index (χ3n) is 5.01. The third kappa shape index (κ3) is 4.79. The van der Waals surface area contributed by atoms with E-state index in [2.05, 4.69) is 5.32 Å². The first-order valence-corrected chi connectivity index (χ1v) is 9.79. The van der Waals surface area contributed by atoms with Gasteiger partial charge >= 0.3 is 12.3 Å². The Hall–Kier alpha value is -3.95. The second-order valence-corrected chi connectivity index (χ2v) is 7.15. The van der Waals surface area contributed by atoms with Crippen molar-refractivity contribution in [2.24, 2.45) is 0 Å². The monoisotopic (exact) mass is 461 g/mol. The van der Waals surface area contributed by atoms with E-state index in [1.54, 1.807) is 12.1 Å². The lowest BCUT2D eigenvalue weighted by Gasteiger charge is -2.32. The summed E-state index contributed by atoms with van der Waals surface area (Å²) in [5.74, 6) is 0.331. The Morgan fingerprint density at radius 3 is 2.64 bits per heavy atom. The van der Waals surface area contributed by atoms with Crippen molar-refractivity contribution in [2.45, 2.75) is 24.9 Å². The van der Waals surface area contributed by atoms with Crippen LogP contribution in [0.25, 0.3) is 0 Å². The number of alkyl halides is 3. The van der Waals surface area contributed by atoms with E-state index < -0.39 is 35.8 Å². The average molecular weight is 461 g/mol. The van der Waals surface area contributed by atoms with Crippen LogP contribution < -0.4 is 14.8 Å². The number of nitrogens with one attached hydrogen (secondary N) is 1. The van der Waals surface area contributed by atoms with Crippen LogP contribution in [-0.2, 0) is 17.5 Å². The Balaban J connectivity index is 1.66. The summed E-state index contributed by atoms with van der Waals surface area (Å²) in [5.41, 5.74) is -0.785. The Labute approximate surface area is 186 Å². The topological polar surface area (TPSA) is 87.0 Å². The molecule has 1 aromatic heterocycles. The van der Waals surface area contributed by atoms with Gasteiger partial charge in [-0.3, -0.25) is 4.79 Å². The molecule has 0 saturated heterocycles. The highest BCUT2D eigenvalue weighted by atomic mass is 19.4. The second-order valence-electron chi connectivity index (χ2n) is 7.15. The molecule has 2 heterocycles. The second kappa shape index (κ2) is 8.89. The molecular weight excluding hydrogens is 443 g/mol. The maximum absolute atomic E-state index is 13.3. The molecule has 0 spiro atoms. The van der Waals surface area contributed by atoms with Gasteiger partial charge in [-0.1, -0.05) is 12.1 Å². The smallest absolute Gasteiger partial charge is 0.416 e. The van der Waals surface area contributed by atoms with Crippen molar-refractivity contribution in [3.63, 3.8) is 0 Å². The maximum atomic E-state index is 13.3. The minimum atomic E-state index is -4.60. The van der Waals surface area contributed by atoms with Crippen molar-refractivity contribution in [3.8, 4) is 11.5 Å². The number of benzene rings is 2. The van der Waals surface area contributed by atoms with Gasteiger partial charge in [-0.05, 0) is 42.0 Å². The number of carbonyl (C=O) groups excluding carboxylic acids is 2. The molecule has 10 heteroatoms. The number of Topliss-reactive ketones (excluding diaryl/α,β-unsaturated/α-hetero) is 1. The van der Waals surface area contributed by atoms with Gasteiger partial charge in [-0.2, -0.15) is 13.2 Å². The number of rotatable bonds is 5. The van der Waals surface area contributed by atoms with Crippen LogP contribution in [0.5, 0.6) is 11.5 Å². The molecule has 172 valence electrons. The fourth-order valence-corrected chi connectivity index (χ4v) is 3.40. The zero-order valence-electron chi connectivity index (χ0n) is 17.2. The van der Waals surface area contributed by atoms with Crippen LogP contribution in [-0.4, -0.2) is 25.1 Å². The van der Waals surface area contributed by atoms with Crippen molar-refractivity contribution in [2.75, 3.05) is 7.11 Å². The molecule has 1 amide bonds. The van der Waals surface area contributed by atoms with Crippen LogP contribution in [0.1, 0.15) is 33.3 Å². The van der Waals surface area contributed by atoms with E-state index in [0.29, 0.717) is 11.5 Å². The molecule has 1 N–H and O–H groups in total. The molecule has 33 heavy (non-hydrogen) atoms. The van der Waals surface area contributed by atoms with Crippen LogP contribution in [0.4, 0.5) is 18.0 Å². The molecule has 0 radical (unpaired) electrons. The summed E-state index contributed by atoms with van der Waals surface area (Å²) in [7, 11) is 1.42. The fourth-order valence-electron chi connectivity index (χ4n) is 3.40. The van der Waals surface area contributed by atoms with Crippen LogP contribution in [0.2, 0.25) is 0 Å². The summed E-state index contributed by atoms with van der Waals surface area (Å²) in [6.45, 7) is -0.00435. The van der Waals surface area contributed by atoms with Crippen LogP contribution in [0.15, 0.2) is 65.3 Å². The molecule has 0 saturated carbocycles. The van der Waals surface area contributed by atoms with Gasteiger partial charge in [0, 0.05) is 6.07 Å². The number of halogens is 3. The van der Waals surface area contributed by atoms with E-state index in [4.69, 9.17) is 18.6 Å². The van der Waals surface area contributed by atoms with Gasteiger partial charge in [0.1, 0.15) is 17.3 Å². The van der Waals surface area contributed by atoms with Gasteiger partial charge in [0.2, 0.25) is 11.9 Å². The summed E-state index contributed by atoms with van der Waals surface area (Å²) in [5, 5.41) is 2.44. The summed E-state index contributed by atoms with van der Waals surface area (Å²) in [6.07, 6.45) is -6.97. The number of amides is 1. The quantitative estimate of drug-likeness (QED) is 0.581. The number of ether oxygens (including phenoxy) is 3. The van der Waals surface area contributed by atoms with Crippen LogP contribution in [0, 0.1) is 0 Å². The van der Waals surface area contributed by atoms with E-state index in [1.165, 1.54) is 43.7 Å². The van der Waals surface area contributed by atoms with Gasteiger partial charge in [-0.15, -0.1) is 0 Å². The van der Waals surface area contributed by atoms with E-state index in [-0.39, 0.29) is 23.4 Å². The van der Waals surface area contributed by atoms with Gasteiger partial charge < -0.3 is 23.9 Å². The normalized spacial score (nSPS) is 17.6. The van der Waals surface area contributed by atoms with Crippen molar-refractivity contribution in [1.29, 1.82) is 0 Å². The molecule has 2 atom stereocenters. The maximum Gasteiger partial charge on any atom is 0.416 e. The molecular formula is C23H18F3NO6. The number of hydrogen-bond acceptors (Lipinski definition) is 6. The lowest BCUT2D eigenvalue weighted by atomic mass is 9.92. The van der Waals surface area contributed by atoms with Crippen molar-refractivity contribution in [3.05, 3.63) is 83.3 Å². The van der Waals surface area contributed by atoms with E-state index in [1.807, 2.05) is 0 Å². The third-order valence-corrected chi connectivity index (χ3v) is 5.01. The first-order valence-electron chi connectivity index (χ1n) is 9.79. The van der Waals surface area contributed by atoms with Gasteiger partial charge in [0.15, 0.2) is 6.10 Å². The molecule has 7 nitrogen and oxygen atoms in total. The molecule has 0 bridgehead atoms. The summed E-state index contributed by atoms with van der Waals surface area (Å²) in [6, 6.07) is 12.0. The summed E-state index contributed by atoms with van der Waals surface area (Å²) in [4.78, 5) is 25.6. The standard InChI is InChI=1S/C23H18F3NO6/c1-30-15-7-8-17-18(11-15)32-20(13-4-2-5-14(10-13)23(24,25)26)21(19(17)28)33-22(29)27-12-16-6-3-9-31-16/h2-11,20-21H,12H2,1H3,(H,27,29)/t20-,21?/m0/s1. The van der Waals surface area contributed by atoms with Crippen molar-refractivity contribution >= 4 is 11.9 Å². The van der Waals surface area contributed by atoms with Crippen molar-refractivity contribution in [1.82, 2.24) is 5.32 Å². The Morgan fingerprint density at radius 2 is 1.94 bits per heavy atom. The highest BCUT2D eigenvalue weighted by Gasteiger charge is 2.42. The summed E-state index contributed by atoms with van der Waals surface area (Å²) >= 11 is 0. The average Bonchev–Trinajstić information content (AvgIpc) is 3.32. The minimum absolute atomic E-state index is 0.00435. The first-order chi connectivity index (χ1) is 15.8. The zero-order valence-corrected chi connectivity index (χ0v) is 17.2. The molecule has 3 aromatic rings. The lowest BCUT2D eigenvalue weighted by Crippen LogP contribution is -2.42. The lowest BCUT2D eigenvalue weighted by molar-refractivity contribution is -0.137. The Kier molecular flexibility index (Phi) is 5.99. The SMILES string of the molecule is COc1ccc2c(c1)O[C@@H](c1cccc(C(F)(F)F)c1)C(OC(=O)NCc1ccco1)C2=O. The van der Waals surface area contributed by atoms with E-state index in [0.717, 1.165) is 12.1 Å². The largest absolute Gasteiger partial charge is 0.497 e. The number of methoxy groups -OCH3 is 1. The highest BCUT2D eigenvalue weighted by Crippen LogP contribution is 2.40. The highest BCUT2D eigenvalue weighted by molar-refractivity contribution is 6.04. The van der Waals surface area contributed by atoms with Gasteiger partial charge in [0.05, 0.1) is 31.0 Å². The van der Waals surface area contributed by atoms with Gasteiger partial charge in [0.25, 0.3) is 0 Å². The molecule has 2 aromatic carbocycles. The zero-order chi connectivity index (χ0) is 23.6. The Bertz CT molecular complexity index is 1160. The predicted molar refractivity (Wildman–Crippen MR) is 108 cm³/mol. The fraction of sp³-hybridized carbons (Fsp3) is 0.217.